The maximum atomic E-state index is 13.0. The van der Waals surface area contributed by atoms with E-state index >= 15 is 0 Å². The summed E-state index contributed by atoms with van der Waals surface area (Å²) < 4.78 is 13.0. The largest absolute Gasteiger partial charge is 0.350 e. The second-order valence-corrected chi connectivity index (χ2v) is 4.25. The molecule has 98 valence electrons. The van der Waals surface area contributed by atoms with Crippen molar-refractivity contribution in [2.24, 2.45) is 0 Å². The number of nitrogens with zero attached hydrogens (tertiary/aromatic N) is 2. The molecule has 1 aromatic carbocycles. The summed E-state index contributed by atoms with van der Waals surface area (Å²) in [6.07, 6.45) is 0.150. The number of hydrogen-bond acceptors (Lipinski definition) is 3. The second-order valence-electron chi connectivity index (χ2n) is 4.25. The Hall–Kier alpha value is -2.30. The van der Waals surface area contributed by atoms with Crippen molar-refractivity contribution in [1.29, 1.82) is 0 Å². The van der Waals surface area contributed by atoms with E-state index < -0.39 is 0 Å². The molecule has 0 bridgehead atoms. The van der Waals surface area contributed by atoms with Crippen molar-refractivity contribution < 1.29 is 9.18 Å². The van der Waals surface area contributed by atoms with Crippen molar-refractivity contribution in [3.05, 3.63) is 59.2 Å². The summed E-state index contributed by atoms with van der Waals surface area (Å²) in [6, 6.07) is 9.65. The van der Waals surface area contributed by atoms with Crippen molar-refractivity contribution in [1.82, 2.24) is 15.5 Å². The molecule has 0 spiro atoms. The van der Waals surface area contributed by atoms with Crippen LogP contribution in [0.5, 0.6) is 0 Å². The Morgan fingerprint density at radius 3 is 2.79 bits per heavy atom. The summed E-state index contributed by atoms with van der Waals surface area (Å²) in [7, 11) is 0. The summed E-state index contributed by atoms with van der Waals surface area (Å²) in [5.41, 5.74) is 2.17. The van der Waals surface area contributed by atoms with E-state index in [9.17, 15) is 9.18 Å². The highest BCUT2D eigenvalue weighted by atomic mass is 19.1. The zero-order chi connectivity index (χ0) is 13.7. The molecule has 2 aromatic rings. The Kier molecular flexibility index (Phi) is 4.18. The SMILES string of the molecule is Cc1ccc(CNC(=O)Cc2cccc(F)c2)nn1. The van der Waals surface area contributed by atoms with Gasteiger partial charge in [-0.1, -0.05) is 12.1 Å². The first kappa shape index (κ1) is 13.1. The van der Waals surface area contributed by atoms with Gasteiger partial charge in [0.1, 0.15) is 5.82 Å². The highest BCUT2D eigenvalue weighted by Gasteiger charge is 2.04. The molecule has 1 N–H and O–H groups in total. The molecule has 2 rings (SSSR count). The number of nitrogens with one attached hydrogen (secondary N) is 1. The lowest BCUT2D eigenvalue weighted by Gasteiger charge is -2.05. The average molecular weight is 259 g/mol. The van der Waals surface area contributed by atoms with Crippen LogP contribution >= 0.6 is 0 Å². The predicted molar refractivity (Wildman–Crippen MR) is 68.7 cm³/mol. The summed E-state index contributed by atoms with van der Waals surface area (Å²) in [4.78, 5) is 11.7. The summed E-state index contributed by atoms with van der Waals surface area (Å²) >= 11 is 0. The van der Waals surface area contributed by atoms with Gasteiger partial charge in [-0.05, 0) is 36.8 Å². The highest BCUT2D eigenvalue weighted by molar-refractivity contribution is 5.78. The fourth-order valence-electron chi connectivity index (χ4n) is 1.60. The van der Waals surface area contributed by atoms with Crippen molar-refractivity contribution in [3.63, 3.8) is 0 Å². The molecule has 0 unspecified atom stereocenters. The Morgan fingerprint density at radius 1 is 1.26 bits per heavy atom. The zero-order valence-electron chi connectivity index (χ0n) is 10.6. The first-order valence-electron chi connectivity index (χ1n) is 5.94. The summed E-state index contributed by atoms with van der Waals surface area (Å²) in [5.74, 6) is -0.511. The van der Waals surface area contributed by atoms with Crippen molar-refractivity contribution in [3.8, 4) is 0 Å². The number of rotatable bonds is 4. The Balaban J connectivity index is 1.86. The lowest BCUT2D eigenvalue weighted by Crippen LogP contribution is -2.25. The minimum atomic E-state index is -0.338. The number of benzene rings is 1. The molecule has 0 fully saturated rings. The van der Waals surface area contributed by atoms with Gasteiger partial charge in [0.2, 0.25) is 5.91 Å². The number of carbonyl (C=O) groups excluding carboxylic acids is 1. The smallest absolute Gasteiger partial charge is 0.224 e. The zero-order valence-corrected chi connectivity index (χ0v) is 10.6. The van der Waals surface area contributed by atoms with Crippen LogP contribution in [0.1, 0.15) is 17.0 Å². The van der Waals surface area contributed by atoms with Crippen LogP contribution in [0, 0.1) is 12.7 Å². The van der Waals surface area contributed by atoms with Gasteiger partial charge in [-0.2, -0.15) is 10.2 Å². The fourth-order valence-corrected chi connectivity index (χ4v) is 1.60. The van der Waals surface area contributed by atoms with Crippen molar-refractivity contribution >= 4 is 5.91 Å². The van der Waals surface area contributed by atoms with Gasteiger partial charge in [0.05, 0.1) is 24.4 Å². The number of amides is 1. The molecule has 1 heterocycles. The first-order valence-corrected chi connectivity index (χ1v) is 5.94. The topological polar surface area (TPSA) is 54.9 Å². The van der Waals surface area contributed by atoms with Gasteiger partial charge in [0.15, 0.2) is 0 Å². The molecule has 0 saturated heterocycles. The normalized spacial score (nSPS) is 10.2. The average Bonchev–Trinajstić information content (AvgIpc) is 2.38. The van der Waals surface area contributed by atoms with E-state index in [0.29, 0.717) is 17.8 Å². The molecule has 4 nitrogen and oxygen atoms in total. The summed E-state index contributed by atoms with van der Waals surface area (Å²) in [6.45, 7) is 2.17. The third-order valence-corrected chi connectivity index (χ3v) is 2.57. The van der Waals surface area contributed by atoms with E-state index in [1.807, 2.05) is 19.1 Å². The van der Waals surface area contributed by atoms with Crippen LogP contribution in [-0.4, -0.2) is 16.1 Å². The van der Waals surface area contributed by atoms with Gasteiger partial charge < -0.3 is 5.32 Å². The maximum Gasteiger partial charge on any atom is 0.224 e. The van der Waals surface area contributed by atoms with E-state index in [4.69, 9.17) is 0 Å². The van der Waals surface area contributed by atoms with Crippen molar-refractivity contribution in [2.45, 2.75) is 19.9 Å². The van der Waals surface area contributed by atoms with Gasteiger partial charge in [0, 0.05) is 0 Å². The lowest BCUT2D eigenvalue weighted by atomic mass is 10.1. The molecule has 0 radical (unpaired) electrons. The van der Waals surface area contributed by atoms with Gasteiger partial charge >= 0.3 is 0 Å². The molecule has 0 aliphatic heterocycles. The number of aryl methyl sites for hydroxylation is 1. The Labute approximate surface area is 110 Å². The van der Waals surface area contributed by atoms with E-state index in [1.165, 1.54) is 12.1 Å². The predicted octanol–water partition coefficient (Wildman–Crippen LogP) is 1.78. The highest BCUT2D eigenvalue weighted by Crippen LogP contribution is 2.04. The molecule has 0 aliphatic carbocycles. The quantitative estimate of drug-likeness (QED) is 0.910. The van der Waals surface area contributed by atoms with Gasteiger partial charge in [-0.25, -0.2) is 4.39 Å². The van der Waals surface area contributed by atoms with Crippen molar-refractivity contribution in [2.75, 3.05) is 0 Å². The first-order chi connectivity index (χ1) is 9.13. The molecule has 1 amide bonds. The van der Waals surface area contributed by atoms with Crippen LogP contribution in [0.15, 0.2) is 36.4 Å². The third kappa shape index (κ3) is 4.13. The molecule has 19 heavy (non-hydrogen) atoms. The van der Waals surface area contributed by atoms with E-state index in [0.717, 1.165) is 5.69 Å². The minimum absolute atomic E-state index is 0.150. The monoisotopic (exact) mass is 259 g/mol. The summed E-state index contributed by atoms with van der Waals surface area (Å²) in [5, 5.41) is 10.6. The van der Waals surface area contributed by atoms with E-state index in [1.54, 1.807) is 12.1 Å². The van der Waals surface area contributed by atoms with Crippen LogP contribution < -0.4 is 5.32 Å². The second kappa shape index (κ2) is 6.04. The third-order valence-electron chi connectivity index (χ3n) is 2.57. The standard InChI is InChI=1S/C14H14FN3O/c1-10-5-6-13(18-17-10)9-16-14(19)8-11-3-2-4-12(15)7-11/h2-7H,8-9H2,1H3,(H,16,19). The molecule has 0 atom stereocenters. The number of carbonyl (C=O) groups is 1. The lowest BCUT2D eigenvalue weighted by molar-refractivity contribution is -0.120. The Bertz CT molecular complexity index is 569. The van der Waals surface area contributed by atoms with Gasteiger partial charge in [-0.15, -0.1) is 0 Å². The van der Waals surface area contributed by atoms with Crippen LogP contribution in [0.3, 0.4) is 0 Å². The molecule has 0 saturated carbocycles. The van der Waals surface area contributed by atoms with Gasteiger partial charge in [-0.3, -0.25) is 4.79 Å². The van der Waals surface area contributed by atoms with Gasteiger partial charge in [0.25, 0.3) is 0 Å². The molecular weight excluding hydrogens is 245 g/mol. The number of hydrogen-bond donors (Lipinski definition) is 1. The van der Waals surface area contributed by atoms with Crippen LogP contribution in [0.2, 0.25) is 0 Å². The van der Waals surface area contributed by atoms with Crippen LogP contribution in [0.4, 0.5) is 4.39 Å². The minimum Gasteiger partial charge on any atom is -0.350 e. The van der Waals surface area contributed by atoms with E-state index in [2.05, 4.69) is 15.5 Å². The number of halogens is 1. The molecular formula is C14H14FN3O. The molecule has 0 aliphatic rings. The van der Waals surface area contributed by atoms with E-state index in [-0.39, 0.29) is 18.1 Å². The maximum absolute atomic E-state index is 13.0. The van der Waals surface area contributed by atoms with Crippen LogP contribution in [0.25, 0.3) is 0 Å². The fraction of sp³-hybridized carbons (Fsp3) is 0.214. The molecule has 5 heteroatoms. The van der Waals surface area contributed by atoms with Crippen LogP contribution in [-0.2, 0) is 17.8 Å². The Morgan fingerprint density at radius 2 is 2.11 bits per heavy atom. The molecule has 1 aromatic heterocycles. The number of aromatic nitrogens is 2.